The molecule has 0 aromatic carbocycles. The van der Waals surface area contributed by atoms with Crippen LogP contribution in [0.1, 0.15) is 0 Å². The highest BCUT2D eigenvalue weighted by Crippen LogP contribution is 1.99. The first-order valence-electron chi connectivity index (χ1n) is 2.59. The fourth-order valence-corrected chi connectivity index (χ4v) is 0.476. The van der Waals surface area contributed by atoms with Crippen LogP contribution in [-0.4, -0.2) is 31.4 Å². The largest absolute Gasteiger partial charge is 0.467 e. The van der Waals surface area contributed by atoms with E-state index in [0.29, 0.717) is 0 Å². The second kappa shape index (κ2) is 2.55. The highest BCUT2D eigenvalue weighted by molar-refractivity contribution is 6.08. The highest BCUT2D eigenvalue weighted by Gasteiger charge is 2.19. The molecular weight excluding hydrogens is 139 g/mol. The summed E-state index contributed by atoms with van der Waals surface area (Å²) in [4.78, 5) is 17.0. The van der Waals surface area contributed by atoms with Gasteiger partial charge in [-0.05, 0) is 0 Å². The lowest BCUT2D eigenvalue weighted by atomic mass is 10.4. The zero-order chi connectivity index (χ0) is 7.56. The number of carbonyl (C=O) groups excluding carboxylic acids is 1. The Kier molecular flexibility index (Phi) is 1.75. The van der Waals surface area contributed by atoms with Gasteiger partial charge in [0, 0.05) is 0 Å². The molecule has 4 nitrogen and oxygen atoms in total. The van der Waals surface area contributed by atoms with Crippen molar-refractivity contribution in [1.29, 1.82) is 0 Å². The van der Waals surface area contributed by atoms with Crippen molar-refractivity contribution in [3.05, 3.63) is 0 Å². The predicted octanol–water partition coefficient (Wildman–Crippen LogP) is -0.0621. The van der Waals surface area contributed by atoms with Crippen LogP contribution in [-0.2, 0) is 9.53 Å². The molecule has 10 heavy (non-hydrogen) atoms. The molecule has 1 rings (SSSR count). The average molecular weight is 144 g/mol. The average Bonchev–Trinajstić information content (AvgIpc) is 1.95. The predicted molar refractivity (Wildman–Crippen MR) is 32.8 cm³/mol. The van der Waals surface area contributed by atoms with Gasteiger partial charge in [0.1, 0.15) is 0 Å². The van der Waals surface area contributed by atoms with Gasteiger partial charge in [0.05, 0.1) is 13.3 Å². The van der Waals surface area contributed by atoms with Crippen LogP contribution in [0.5, 0.6) is 0 Å². The number of hydrogen-bond donors (Lipinski definition) is 0. The first-order chi connectivity index (χ1) is 4.74. The number of aliphatic imine (C=N–C) groups is 2. The van der Waals surface area contributed by atoms with Gasteiger partial charge in [-0.15, -0.1) is 0 Å². The van der Waals surface area contributed by atoms with E-state index in [0.717, 1.165) is 6.21 Å². The van der Waals surface area contributed by atoms with E-state index in [2.05, 4.69) is 14.7 Å². The van der Waals surface area contributed by atoms with E-state index < -0.39 is 12.1 Å². The Morgan fingerprint density at radius 3 is 3.00 bits per heavy atom. The summed E-state index contributed by atoms with van der Waals surface area (Å²) < 4.78 is 16.7. The van der Waals surface area contributed by atoms with Crippen LogP contribution in [0, 0.1) is 0 Å². The number of carbonyl (C=O) groups is 1. The summed E-state index contributed by atoms with van der Waals surface area (Å²) in [7, 11) is 1.31. The molecule has 1 heterocycles. The van der Waals surface area contributed by atoms with Gasteiger partial charge in [-0.25, -0.2) is 9.38 Å². The van der Waals surface area contributed by atoms with Crippen molar-refractivity contribution < 1.29 is 13.9 Å². The molecule has 1 amide bonds. The van der Waals surface area contributed by atoms with E-state index in [1.54, 1.807) is 0 Å². The molecule has 1 aliphatic rings. The van der Waals surface area contributed by atoms with Crippen molar-refractivity contribution in [2.75, 3.05) is 7.11 Å². The van der Waals surface area contributed by atoms with Crippen molar-refractivity contribution >= 4 is 18.1 Å². The molecule has 54 valence electrons. The Morgan fingerprint density at radius 2 is 2.50 bits per heavy atom. The van der Waals surface area contributed by atoms with E-state index >= 15 is 0 Å². The third kappa shape index (κ3) is 1.18. The van der Waals surface area contributed by atoms with Crippen molar-refractivity contribution in [2.45, 2.75) is 6.17 Å². The number of nitrogens with zero attached hydrogens (tertiary/aromatic N) is 2. The summed E-state index contributed by atoms with van der Waals surface area (Å²) in [6.45, 7) is 0. The van der Waals surface area contributed by atoms with Crippen molar-refractivity contribution in [3.63, 3.8) is 0 Å². The summed E-state index contributed by atoms with van der Waals surface area (Å²) in [6.07, 6.45) is -0.854. The Hall–Kier alpha value is -1.26. The molecule has 0 saturated carbocycles. The zero-order valence-electron chi connectivity index (χ0n) is 5.24. The number of methoxy groups -OCH3 is 1. The second-order valence-electron chi connectivity index (χ2n) is 1.62. The molecular formula is C5H5FN2O2. The van der Waals surface area contributed by atoms with Crippen LogP contribution in [0.4, 0.5) is 4.39 Å². The van der Waals surface area contributed by atoms with Gasteiger partial charge in [-0.3, -0.25) is 4.79 Å². The first-order valence-corrected chi connectivity index (χ1v) is 2.59. The van der Waals surface area contributed by atoms with Crippen LogP contribution in [0.25, 0.3) is 0 Å². The molecule has 0 radical (unpaired) electrons. The zero-order valence-corrected chi connectivity index (χ0v) is 5.24. The van der Waals surface area contributed by atoms with Crippen LogP contribution >= 0.6 is 0 Å². The quantitative estimate of drug-likeness (QED) is 0.478. The summed E-state index contributed by atoms with van der Waals surface area (Å²) in [5.74, 6) is -0.869. The molecule has 0 N–H and O–H groups in total. The lowest BCUT2D eigenvalue weighted by Crippen LogP contribution is -2.22. The van der Waals surface area contributed by atoms with Crippen molar-refractivity contribution in [1.82, 2.24) is 0 Å². The van der Waals surface area contributed by atoms with E-state index in [1.165, 1.54) is 7.11 Å². The fraction of sp³-hybridized carbons (Fsp3) is 0.400. The summed E-state index contributed by atoms with van der Waals surface area (Å²) >= 11 is 0. The SMILES string of the molecule is COC1=NC(=O)C(F)C=N1. The third-order valence-corrected chi connectivity index (χ3v) is 0.940. The number of hydrogen-bond acceptors (Lipinski definition) is 3. The number of alkyl halides is 1. The molecule has 1 aliphatic heterocycles. The smallest absolute Gasteiger partial charge is 0.319 e. The summed E-state index contributed by atoms with van der Waals surface area (Å²) in [5.41, 5.74) is 0. The van der Waals surface area contributed by atoms with Crippen molar-refractivity contribution in [2.24, 2.45) is 9.98 Å². The standard InChI is InChI=1S/C5H5FN2O2/c1-10-5-7-2-3(6)4(9)8-5/h2-3H,1H3. The molecule has 0 spiro atoms. The number of rotatable bonds is 0. The minimum Gasteiger partial charge on any atom is -0.467 e. The summed E-state index contributed by atoms with van der Waals surface area (Å²) in [6, 6.07) is -0.0982. The first kappa shape index (κ1) is 6.85. The monoisotopic (exact) mass is 144 g/mol. The number of halogens is 1. The molecule has 0 aromatic heterocycles. The van der Waals surface area contributed by atoms with Crippen LogP contribution in [0.15, 0.2) is 9.98 Å². The Labute approximate surface area is 56.4 Å². The van der Waals surface area contributed by atoms with Gasteiger partial charge in [0.25, 0.3) is 5.91 Å². The molecule has 0 bridgehead atoms. The van der Waals surface area contributed by atoms with Crippen molar-refractivity contribution in [3.8, 4) is 0 Å². The van der Waals surface area contributed by atoms with E-state index in [9.17, 15) is 9.18 Å². The molecule has 0 saturated heterocycles. The lowest BCUT2D eigenvalue weighted by Gasteiger charge is -2.03. The number of amidine groups is 1. The molecule has 0 fully saturated rings. The Bertz CT molecular complexity index is 212. The Balaban J connectivity index is 2.76. The molecule has 1 atom stereocenters. The second-order valence-corrected chi connectivity index (χ2v) is 1.62. The third-order valence-electron chi connectivity index (χ3n) is 0.940. The van der Waals surface area contributed by atoms with E-state index in [-0.39, 0.29) is 6.02 Å². The topological polar surface area (TPSA) is 51.0 Å². The maximum atomic E-state index is 12.2. The fourth-order valence-electron chi connectivity index (χ4n) is 0.476. The lowest BCUT2D eigenvalue weighted by molar-refractivity contribution is -0.120. The maximum Gasteiger partial charge on any atom is 0.319 e. The van der Waals surface area contributed by atoms with Crippen LogP contribution in [0.2, 0.25) is 0 Å². The molecule has 0 aromatic rings. The van der Waals surface area contributed by atoms with Gasteiger partial charge < -0.3 is 4.74 Å². The minimum absolute atomic E-state index is 0.0982. The van der Waals surface area contributed by atoms with Gasteiger partial charge in [0.2, 0.25) is 6.17 Å². The Morgan fingerprint density at radius 1 is 1.80 bits per heavy atom. The van der Waals surface area contributed by atoms with E-state index in [1.807, 2.05) is 0 Å². The number of amides is 1. The molecule has 5 heteroatoms. The van der Waals surface area contributed by atoms with Gasteiger partial charge in [-0.1, -0.05) is 0 Å². The van der Waals surface area contributed by atoms with Crippen LogP contribution in [0.3, 0.4) is 0 Å². The number of ether oxygens (including phenoxy) is 1. The van der Waals surface area contributed by atoms with Gasteiger partial charge in [-0.2, -0.15) is 4.99 Å². The van der Waals surface area contributed by atoms with Gasteiger partial charge >= 0.3 is 6.02 Å². The molecule has 1 unspecified atom stereocenters. The van der Waals surface area contributed by atoms with Gasteiger partial charge in [0.15, 0.2) is 0 Å². The maximum absolute atomic E-state index is 12.2. The normalized spacial score (nSPS) is 24.4. The minimum atomic E-state index is -1.71. The molecule has 0 aliphatic carbocycles. The van der Waals surface area contributed by atoms with E-state index in [4.69, 9.17) is 0 Å². The summed E-state index contributed by atoms with van der Waals surface area (Å²) in [5, 5.41) is 0. The highest BCUT2D eigenvalue weighted by atomic mass is 19.1. The van der Waals surface area contributed by atoms with Crippen LogP contribution < -0.4 is 0 Å².